The average Bonchev–Trinajstić information content (AvgIpc) is 2.35. The molecule has 138 valence electrons. The molecule has 0 unspecified atom stereocenters. The Kier molecular flexibility index (Phi) is 4.72. The molecule has 1 aromatic carbocycles. The lowest BCUT2D eigenvalue weighted by Crippen LogP contribution is -2.59. The summed E-state index contributed by atoms with van der Waals surface area (Å²) < 4.78 is 146. The van der Waals surface area contributed by atoms with Crippen LogP contribution in [0.2, 0.25) is 0 Å². The quantitative estimate of drug-likeness (QED) is 0.620. The van der Waals surface area contributed by atoms with Gasteiger partial charge in [-0.2, -0.15) is 47.9 Å². The number of halogens is 9. The monoisotopic (exact) mass is 390 g/mol. The van der Waals surface area contributed by atoms with Gasteiger partial charge in [-0.05, 0) is 24.6 Å². The van der Waals surface area contributed by atoms with Crippen molar-refractivity contribution in [2.24, 2.45) is 0 Å². The number of aryl methyl sites for hydroxylation is 1. The van der Waals surface area contributed by atoms with E-state index in [-0.39, 0.29) is 6.07 Å². The van der Waals surface area contributed by atoms with Crippen LogP contribution in [0.3, 0.4) is 0 Å². The molecular weight excluding hydrogens is 383 g/mol. The van der Waals surface area contributed by atoms with Gasteiger partial charge in [0.05, 0.1) is 4.90 Å². The highest BCUT2D eigenvalue weighted by atomic mass is 32.2. The van der Waals surface area contributed by atoms with Gasteiger partial charge in [-0.3, -0.25) is 4.55 Å². The zero-order chi connectivity index (χ0) is 19.4. The number of benzene rings is 1. The maximum absolute atomic E-state index is 13.8. The molecule has 0 heterocycles. The molecule has 0 amide bonds. The minimum Gasteiger partial charge on any atom is -0.282 e. The van der Waals surface area contributed by atoms with Crippen LogP contribution in [0.15, 0.2) is 23.1 Å². The molecule has 0 radical (unpaired) electrons. The Bertz CT molecular complexity index is 738. The predicted octanol–water partition coefficient (Wildman–Crippen LogP) is 4.17. The second-order valence-electron chi connectivity index (χ2n) is 4.67. The summed E-state index contributed by atoms with van der Waals surface area (Å²) in [4.78, 5) is -1.38. The summed E-state index contributed by atoms with van der Waals surface area (Å²) >= 11 is 0. The van der Waals surface area contributed by atoms with E-state index in [1.165, 1.54) is 0 Å². The van der Waals surface area contributed by atoms with E-state index in [0.717, 1.165) is 0 Å². The molecule has 24 heavy (non-hydrogen) atoms. The van der Waals surface area contributed by atoms with Crippen molar-refractivity contribution in [2.45, 2.75) is 35.8 Å². The van der Waals surface area contributed by atoms with Crippen LogP contribution in [0.5, 0.6) is 0 Å². The highest BCUT2D eigenvalue weighted by Gasteiger charge is 2.82. The third kappa shape index (κ3) is 3.06. The standard InChI is InChI=1S/C11H7F9O3S/c1-5-2-3-6(24(21,22)23)4-7(5)8(12,13)9(14,15)10(16,17)11(18,19)20/h2-4H,1H3,(H,21,22,23). The molecule has 0 aromatic heterocycles. The number of rotatable bonds is 4. The fourth-order valence-electron chi connectivity index (χ4n) is 1.64. The summed E-state index contributed by atoms with van der Waals surface area (Å²) in [6.45, 7) is 0.652. The van der Waals surface area contributed by atoms with Crippen molar-refractivity contribution in [2.75, 3.05) is 0 Å². The third-order valence-corrected chi connectivity index (χ3v) is 3.84. The van der Waals surface area contributed by atoms with Crippen LogP contribution in [0.4, 0.5) is 39.5 Å². The molecule has 0 aliphatic rings. The van der Waals surface area contributed by atoms with Gasteiger partial charge in [-0.25, -0.2) is 0 Å². The Labute approximate surface area is 128 Å². The van der Waals surface area contributed by atoms with Crippen molar-refractivity contribution < 1.29 is 52.5 Å². The molecule has 0 fully saturated rings. The zero-order valence-corrected chi connectivity index (χ0v) is 12.1. The molecule has 13 heteroatoms. The first kappa shape index (κ1) is 20.5. The average molecular weight is 390 g/mol. The van der Waals surface area contributed by atoms with Gasteiger partial charge in [0.15, 0.2) is 0 Å². The van der Waals surface area contributed by atoms with Crippen molar-refractivity contribution in [3.8, 4) is 0 Å². The smallest absolute Gasteiger partial charge is 0.282 e. The minimum absolute atomic E-state index is 0.301. The molecule has 0 saturated carbocycles. The van der Waals surface area contributed by atoms with Gasteiger partial charge >= 0.3 is 23.9 Å². The van der Waals surface area contributed by atoms with E-state index in [0.29, 0.717) is 19.1 Å². The van der Waals surface area contributed by atoms with Gasteiger partial charge in [-0.15, -0.1) is 0 Å². The van der Waals surface area contributed by atoms with Gasteiger partial charge < -0.3 is 0 Å². The summed E-state index contributed by atoms with van der Waals surface area (Å²) in [7, 11) is -5.20. The van der Waals surface area contributed by atoms with E-state index >= 15 is 0 Å². The van der Waals surface area contributed by atoms with E-state index in [4.69, 9.17) is 4.55 Å². The topological polar surface area (TPSA) is 54.4 Å². The van der Waals surface area contributed by atoms with Gasteiger partial charge in [0, 0.05) is 5.56 Å². The van der Waals surface area contributed by atoms with Crippen LogP contribution in [-0.4, -0.2) is 31.0 Å². The van der Waals surface area contributed by atoms with Gasteiger partial charge in [-0.1, -0.05) is 6.07 Å². The molecule has 0 aliphatic carbocycles. The van der Waals surface area contributed by atoms with E-state index < -0.39 is 50.1 Å². The Morgan fingerprint density at radius 2 is 1.33 bits per heavy atom. The Balaban J connectivity index is 3.66. The number of hydrogen-bond donors (Lipinski definition) is 1. The lowest BCUT2D eigenvalue weighted by molar-refractivity contribution is -0.399. The number of alkyl halides is 9. The Hall–Kier alpha value is -1.50. The third-order valence-electron chi connectivity index (χ3n) is 2.99. The maximum Gasteiger partial charge on any atom is 0.460 e. The zero-order valence-electron chi connectivity index (χ0n) is 11.3. The fraction of sp³-hybridized carbons (Fsp3) is 0.455. The first-order valence-corrected chi connectivity index (χ1v) is 7.10. The van der Waals surface area contributed by atoms with Gasteiger partial charge in [0.2, 0.25) is 0 Å². The van der Waals surface area contributed by atoms with E-state index in [9.17, 15) is 47.9 Å². The van der Waals surface area contributed by atoms with Crippen LogP contribution in [0.1, 0.15) is 11.1 Å². The Morgan fingerprint density at radius 1 is 0.875 bits per heavy atom. The number of hydrogen-bond acceptors (Lipinski definition) is 2. The van der Waals surface area contributed by atoms with Crippen LogP contribution in [0, 0.1) is 6.92 Å². The SMILES string of the molecule is Cc1ccc(S(=O)(=O)O)cc1C(F)(F)C(F)(F)C(F)(F)C(F)(F)F. The highest BCUT2D eigenvalue weighted by Crippen LogP contribution is 2.57. The molecule has 0 atom stereocenters. The Morgan fingerprint density at radius 3 is 1.71 bits per heavy atom. The summed E-state index contributed by atoms with van der Waals surface area (Å²) in [6, 6.07) is 0.615. The summed E-state index contributed by atoms with van der Waals surface area (Å²) in [5, 5.41) is 0. The van der Waals surface area contributed by atoms with Gasteiger partial charge in [0.25, 0.3) is 10.1 Å². The van der Waals surface area contributed by atoms with Crippen molar-refractivity contribution in [1.29, 1.82) is 0 Å². The molecule has 1 rings (SSSR count). The molecule has 3 nitrogen and oxygen atoms in total. The van der Waals surface area contributed by atoms with E-state index in [1.807, 2.05) is 0 Å². The molecule has 0 bridgehead atoms. The molecular formula is C11H7F9O3S. The lowest BCUT2D eigenvalue weighted by Gasteiger charge is -2.34. The summed E-state index contributed by atoms with van der Waals surface area (Å²) in [6.07, 6.45) is -6.99. The van der Waals surface area contributed by atoms with Gasteiger partial charge in [0.1, 0.15) is 0 Å². The molecule has 0 aliphatic heterocycles. The predicted molar refractivity (Wildman–Crippen MR) is 60.8 cm³/mol. The minimum atomic E-state index is -7.11. The second-order valence-corrected chi connectivity index (χ2v) is 6.09. The fourth-order valence-corrected chi connectivity index (χ4v) is 2.15. The normalized spacial score (nSPS) is 14.8. The molecule has 0 saturated heterocycles. The summed E-state index contributed by atoms with van der Waals surface area (Å²) in [5.74, 6) is -20.1. The van der Waals surface area contributed by atoms with Crippen LogP contribution in [-0.2, 0) is 16.0 Å². The van der Waals surface area contributed by atoms with Crippen molar-refractivity contribution in [3.63, 3.8) is 0 Å². The first-order chi connectivity index (χ1) is 10.4. The van der Waals surface area contributed by atoms with Crippen LogP contribution in [0.25, 0.3) is 0 Å². The first-order valence-electron chi connectivity index (χ1n) is 5.66. The molecule has 1 N–H and O–H groups in total. The molecule has 1 aromatic rings. The van der Waals surface area contributed by atoms with E-state index in [2.05, 4.69) is 0 Å². The second kappa shape index (κ2) is 5.51. The maximum atomic E-state index is 13.8. The largest absolute Gasteiger partial charge is 0.460 e. The van der Waals surface area contributed by atoms with Crippen molar-refractivity contribution in [1.82, 2.24) is 0 Å². The van der Waals surface area contributed by atoms with Crippen molar-refractivity contribution >= 4 is 10.1 Å². The summed E-state index contributed by atoms with van der Waals surface area (Å²) in [5.41, 5.74) is -3.00. The van der Waals surface area contributed by atoms with E-state index in [1.54, 1.807) is 0 Å². The van der Waals surface area contributed by atoms with Crippen molar-refractivity contribution in [3.05, 3.63) is 29.3 Å². The highest BCUT2D eigenvalue weighted by molar-refractivity contribution is 7.85. The lowest BCUT2D eigenvalue weighted by atomic mass is 9.93. The van der Waals surface area contributed by atoms with Crippen LogP contribution >= 0.6 is 0 Å². The van der Waals surface area contributed by atoms with Crippen LogP contribution < -0.4 is 0 Å². The molecule has 0 spiro atoms.